The molecule has 1 heterocycles. The van der Waals surface area contributed by atoms with Crippen molar-refractivity contribution in [3.8, 4) is 0 Å². The molecule has 0 spiro atoms. The van der Waals surface area contributed by atoms with Gasteiger partial charge in [0.15, 0.2) is 0 Å². The topological polar surface area (TPSA) is 25.2 Å². The third kappa shape index (κ3) is 1.67. The Morgan fingerprint density at radius 3 is 2.93 bits per heavy atom. The number of furan rings is 1. The van der Waals surface area contributed by atoms with Crippen molar-refractivity contribution in [1.29, 1.82) is 0 Å². The SMILES string of the molecule is CNCc1cc2cc(Br)c(F)cc2o1. The highest BCUT2D eigenvalue weighted by molar-refractivity contribution is 9.10. The molecular weight excluding hydrogens is 249 g/mol. The van der Waals surface area contributed by atoms with E-state index in [0.717, 1.165) is 11.1 Å². The standard InChI is InChI=1S/C10H9BrFNO/c1-13-5-7-2-6-3-8(11)9(12)4-10(6)14-7/h2-4,13H,5H2,1H3. The molecule has 0 fully saturated rings. The molecule has 0 saturated heterocycles. The van der Waals surface area contributed by atoms with E-state index in [4.69, 9.17) is 4.42 Å². The Labute approximate surface area is 89.2 Å². The summed E-state index contributed by atoms with van der Waals surface area (Å²) < 4.78 is 19.0. The van der Waals surface area contributed by atoms with Crippen molar-refractivity contribution in [1.82, 2.24) is 5.32 Å². The molecule has 74 valence electrons. The molecule has 14 heavy (non-hydrogen) atoms. The summed E-state index contributed by atoms with van der Waals surface area (Å²) in [5.74, 6) is 0.503. The number of hydrogen-bond donors (Lipinski definition) is 1. The van der Waals surface area contributed by atoms with Crippen molar-refractivity contribution < 1.29 is 8.81 Å². The van der Waals surface area contributed by atoms with Gasteiger partial charge in [-0.1, -0.05) is 0 Å². The van der Waals surface area contributed by atoms with E-state index in [1.807, 2.05) is 13.1 Å². The van der Waals surface area contributed by atoms with Crippen molar-refractivity contribution in [2.75, 3.05) is 7.05 Å². The van der Waals surface area contributed by atoms with Gasteiger partial charge in [-0.2, -0.15) is 0 Å². The molecule has 0 aliphatic carbocycles. The van der Waals surface area contributed by atoms with Crippen LogP contribution in [0.3, 0.4) is 0 Å². The first-order valence-electron chi connectivity index (χ1n) is 4.23. The third-order valence-electron chi connectivity index (χ3n) is 1.96. The highest BCUT2D eigenvalue weighted by Gasteiger charge is 2.07. The van der Waals surface area contributed by atoms with Gasteiger partial charge in [-0.3, -0.25) is 0 Å². The average molecular weight is 258 g/mol. The molecule has 0 aliphatic rings. The summed E-state index contributed by atoms with van der Waals surface area (Å²) in [5, 5.41) is 3.88. The lowest BCUT2D eigenvalue weighted by Gasteiger charge is -1.92. The molecule has 1 N–H and O–H groups in total. The smallest absolute Gasteiger partial charge is 0.141 e. The Morgan fingerprint density at radius 1 is 1.43 bits per heavy atom. The van der Waals surface area contributed by atoms with Gasteiger partial charge in [0.1, 0.15) is 17.2 Å². The van der Waals surface area contributed by atoms with Crippen molar-refractivity contribution in [3.63, 3.8) is 0 Å². The summed E-state index contributed by atoms with van der Waals surface area (Å²) in [6.07, 6.45) is 0. The number of benzene rings is 1. The van der Waals surface area contributed by atoms with E-state index in [2.05, 4.69) is 21.2 Å². The minimum absolute atomic E-state index is 0.303. The number of hydrogen-bond acceptors (Lipinski definition) is 2. The molecular formula is C10H9BrFNO. The molecule has 0 unspecified atom stereocenters. The van der Waals surface area contributed by atoms with Crippen LogP contribution in [-0.2, 0) is 6.54 Å². The van der Waals surface area contributed by atoms with Crippen LogP contribution in [0.4, 0.5) is 4.39 Å². The van der Waals surface area contributed by atoms with E-state index in [-0.39, 0.29) is 5.82 Å². The first-order valence-corrected chi connectivity index (χ1v) is 5.02. The van der Waals surface area contributed by atoms with Gasteiger partial charge < -0.3 is 9.73 Å². The second-order valence-corrected chi connectivity index (χ2v) is 3.90. The molecule has 0 aliphatic heterocycles. The van der Waals surface area contributed by atoms with Gasteiger partial charge in [0, 0.05) is 11.5 Å². The van der Waals surface area contributed by atoms with Crippen LogP contribution in [0.5, 0.6) is 0 Å². The van der Waals surface area contributed by atoms with Gasteiger partial charge in [0.05, 0.1) is 11.0 Å². The second-order valence-electron chi connectivity index (χ2n) is 3.05. The van der Waals surface area contributed by atoms with Crippen LogP contribution >= 0.6 is 15.9 Å². The molecule has 0 amide bonds. The fourth-order valence-electron chi connectivity index (χ4n) is 1.35. The zero-order chi connectivity index (χ0) is 10.1. The van der Waals surface area contributed by atoms with Crippen molar-refractivity contribution in [2.45, 2.75) is 6.54 Å². The van der Waals surface area contributed by atoms with E-state index in [0.29, 0.717) is 16.6 Å². The Bertz CT molecular complexity index is 427. The molecule has 0 saturated carbocycles. The number of halogens is 2. The molecule has 1 aromatic carbocycles. The van der Waals surface area contributed by atoms with E-state index >= 15 is 0 Å². The van der Waals surface area contributed by atoms with Crippen LogP contribution in [0.25, 0.3) is 11.0 Å². The molecule has 0 radical (unpaired) electrons. The summed E-state index contributed by atoms with van der Waals surface area (Å²) in [5.41, 5.74) is 0.580. The largest absolute Gasteiger partial charge is 0.460 e. The normalized spacial score (nSPS) is 11.1. The molecule has 2 aromatic rings. The zero-order valence-electron chi connectivity index (χ0n) is 7.60. The fraction of sp³-hybridized carbons (Fsp3) is 0.200. The van der Waals surface area contributed by atoms with Gasteiger partial charge in [0.25, 0.3) is 0 Å². The van der Waals surface area contributed by atoms with Gasteiger partial charge in [-0.25, -0.2) is 4.39 Å². The molecule has 0 atom stereocenters. The summed E-state index contributed by atoms with van der Waals surface area (Å²) in [6.45, 7) is 0.647. The van der Waals surface area contributed by atoms with E-state index in [1.54, 1.807) is 6.07 Å². The fourth-order valence-corrected chi connectivity index (χ4v) is 1.71. The van der Waals surface area contributed by atoms with Gasteiger partial charge in [-0.05, 0) is 35.1 Å². The molecule has 2 nitrogen and oxygen atoms in total. The number of nitrogens with one attached hydrogen (secondary N) is 1. The lowest BCUT2D eigenvalue weighted by atomic mass is 10.2. The first-order chi connectivity index (χ1) is 6.70. The minimum Gasteiger partial charge on any atom is -0.460 e. The molecule has 1 aromatic heterocycles. The predicted molar refractivity (Wildman–Crippen MR) is 56.6 cm³/mol. The maximum Gasteiger partial charge on any atom is 0.141 e. The maximum atomic E-state index is 13.1. The Morgan fingerprint density at radius 2 is 2.21 bits per heavy atom. The quantitative estimate of drug-likeness (QED) is 0.895. The number of fused-ring (bicyclic) bond motifs is 1. The Hall–Kier alpha value is -0.870. The van der Waals surface area contributed by atoms with Crippen LogP contribution in [-0.4, -0.2) is 7.05 Å². The summed E-state index contributed by atoms with van der Waals surface area (Å²) in [7, 11) is 1.84. The Kier molecular flexibility index (Phi) is 2.56. The Balaban J connectivity index is 2.54. The third-order valence-corrected chi connectivity index (χ3v) is 2.57. The summed E-state index contributed by atoms with van der Waals surface area (Å²) in [6, 6.07) is 5.00. The zero-order valence-corrected chi connectivity index (χ0v) is 9.19. The van der Waals surface area contributed by atoms with Crippen LogP contribution in [0, 0.1) is 5.82 Å². The van der Waals surface area contributed by atoms with E-state index < -0.39 is 0 Å². The monoisotopic (exact) mass is 257 g/mol. The predicted octanol–water partition coefficient (Wildman–Crippen LogP) is 3.05. The van der Waals surface area contributed by atoms with Crippen molar-refractivity contribution >= 4 is 26.9 Å². The highest BCUT2D eigenvalue weighted by atomic mass is 79.9. The van der Waals surface area contributed by atoms with Gasteiger partial charge >= 0.3 is 0 Å². The maximum absolute atomic E-state index is 13.1. The summed E-state index contributed by atoms with van der Waals surface area (Å²) >= 11 is 3.13. The van der Waals surface area contributed by atoms with Crippen molar-refractivity contribution in [2.24, 2.45) is 0 Å². The van der Waals surface area contributed by atoms with Gasteiger partial charge in [-0.15, -0.1) is 0 Å². The van der Waals surface area contributed by atoms with E-state index in [1.165, 1.54) is 6.07 Å². The van der Waals surface area contributed by atoms with Crippen LogP contribution in [0.1, 0.15) is 5.76 Å². The first kappa shape index (κ1) is 9.68. The molecule has 0 bridgehead atoms. The highest BCUT2D eigenvalue weighted by Crippen LogP contribution is 2.25. The van der Waals surface area contributed by atoms with Crippen LogP contribution < -0.4 is 5.32 Å². The second kappa shape index (κ2) is 3.71. The lowest BCUT2D eigenvalue weighted by Crippen LogP contribution is -2.03. The summed E-state index contributed by atoms with van der Waals surface area (Å²) in [4.78, 5) is 0. The van der Waals surface area contributed by atoms with E-state index in [9.17, 15) is 4.39 Å². The van der Waals surface area contributed by atoms with Crippen LogP contribution in [0.2, 0.25) is 0 Å². The molecule has 4 heteroatoms. The number of rotatable bonds is 2. The average Bonchev–Trinajstić information content (AvgIpc) is 2.48. The van der Waals surface area contributed by atoms with Gasteiger partial charge in [0.2, 0.25) is 0 Å². The molecule has 2 rings (SSSR count). The van der Waals surface area contributed by atoms with Crippen LogP contribution in [0.15, 0.2) is 27.1 Å². The lowest BCUT2D eigenvalue weighted by molar-refractivity contribution is 0.527. The van der Waals surface area contributed by atoms with Crippen molar-refractivity contribution in [3.05, 3.63) is 34.2 Å². The minimum atomic E-state index is -0.303.